The zero-order valence-corrected chi connectivity index (χ0v) is 11.1. The van der Waals surface area contributed by atoms with Crippen molar-refractivity contribution < 1.29 is 9.13 Å². The first-order chi connectivity index (χ1) is 8.18. The fourth-order valence-electron chi connectivity index (χ4n) is 1.44. The van der Waals surface area contributed by atoms with Crippen molar-refractivity contribution in [3.8, 4) is 5.75 Å². The van der Waals surface area contributed by atoms with Gasteiger partial charge >= 0.3 is 0 Å². The zero-order valence-electron chi connectivity index (χ0n) is 8.99. The van der Waals surface area contributed by atoms with Gasteiger partial charge in [-0.05, 0) is 46.9 Å². The molecule has 2 aromatic rings. The van der Waals surface area contributed by atoms with Gasteiger partial charge in [-0.15, -0.1) is 0 Å². The third-order valence-electron chi connectivity index (χ3n) is 2.36. The monoisotopic (exact) mass is 343 g/mol. The van der Waals surface area contributed by atoms with Crippen LogP contribution in [0.3, 0.4) is 0 Å². The number of ether oxygens (including phenoxy) is 1. The molecule has 17 heavy (non-hydrogen) atoms. The predicted octanol–water partition coefficient (Wildman–Crippen LogP) is 3.59. The first-order valence-corrected chi connectivity index (χ1v) is 6.16. The minimum Gasteiger partial charge on any atom is -0.488 e. The molecule has 0 fully saturated rings. The number of hydrogen-bond acceptors (Lipinski definition) is 2. The Morgan fingerprint density at radius 2 is 1.88 bits per heavy atom. The van der Waals surface area contributed by atoms with E-state index in [0.717, 1.165) is 9.32 Å². The number of hydrogen-bond donors (Lipinski definition) is 1. The minimum atomic E-state index is -0.337. The number of para-hydroxylation sites is 1. The number of nitrogen functional groups attached to an aromatic ring is 1. The van der Waals surface area contributed by atoms with E-state index >= 15 is 0 Å². The highest BCUT2D eigenvalue weighted by Gasteiger charge is 2.07. The molecule has 0 bridgehead atoms. The third kappa shape index (κ3) is 2.88. The molecule has 2 rings (SSSR count). The lowest BCUT2D eigenvalue weighted by Crippen LogP contribution is -2.03. The highest BCUT2D eigenvalue weighted by atomic mass is 127. The van der Waals surface area contributed by atoms with Gasteiger partial charge < -0.3 is 10.5 Å². The van der Waals surface area contributed by atoms with E-state index in [1.807, 2.05) is 24.3 Å². The first kappa shape index (κ1) is 12.2. The van der Waals surface area contributed by atoms with E-state index in [-0.39, 0.29) is 12.4 Å². The van der Waals surface area contributed by atoms with Gasteiger partial charge in [0.05, 0.1) is 3.57 Å². The summed E-state index contributed by atoms with van der Waals surface area (Å²) in [5.41, 5.74) is 6.51. The van der Waals surface area contributed by atoms with E-state index in [4.69, 9.17) is 10.5 Å². The van der Waals surface area contributed by atoms with Crippen LogP contribution in [0, 0.1) is 9.39 Å². The second-order valence-corrected chi connectivity index (χ2v) is 4.69. The molecule has 0 amide bonds. The van der Waals surface area contributed by atoms with Crippen LogP contribution in [-0.4, -0.2) is 0 Å². The van der Waals surface area contributed by atoms with E-state index in [1.165, 1.54) is 6.07 Å². The summed E-state index contributed by atoms with van der Waals surface area (Å²) in [4.78, 5) is 0. The molecule has 2 aromatic carbocycles. The Labute approximate surface area is 113 Å². The maximum Gasteiger partial charge on any atom is 0.133 e. The quantitative estimate of drug-likeness (QED) is 0.683. The first-order valence-electron chi connectivity index (χ1n) is 5.08. The summed E-state index contributed by atoms with van der Waals surface area (Å²) in [6.07, 6.45) is 0. The minimum absolute atomic E-state index is 0.137. The van der Waals surface area contributed by atoms with Crippen molar-refractivity contribution in [2.45, 2.75) is 6.61 Å². The van der Waals surface area contributed by atoms with Gasteiger partial charge in [0.25, 0.3) is 0 Å². The number of benzene rings is 2. The lowest BCUT2D eigenvalue weighted by Gasteiger charge is -2.10. The molecule has 0 heterocycles. The van der Waals surface area contributed by atoms with Crippen molar-refractivity contribution in [2.24, 2.45) is 0 Å². The molecule has 0 aliphatic rings. The fraction of sp³-hybridized carbons (Fsp3) is 0.0769. The van der Waals surface area contributed by atoms with Crippen LogP contribution < -0.4 is 10.5 Å². The topological polar surface area (TPSA) is 35.2 Å². The number of rotatable bonds is 3. The van der Waals surface area contributed by atoms with E-state index in [9.17, 15) is 4.39 Å². The molecule has 0 aromatic heterocycles. The average molecular weight is 343 g/mol. The van der Waals surface area contributed by atoms with Gasteiger partial charge in [-0.1, -0.05) is 18.2 Å². The summed E-state index contributed by atoms with van der Waals surface area (Å²) < 4.78 is 20.0. The number of anilines is 1. The summed E-state index contributed by atoms with van der Waals surface area (Å²) in [6.45, 7) is 0.137. The van der Waals surface area contributed by atoms with Crippen molar-refractivity contribution in [3.05, 3.63) is 57.4 Å². The van der Waals surface area contributed by atoms with Crippen molar-refractivity contribution in [2.75, 3.05) is 5.73 Å². The molecule has 0 atom stereocenters. The Morgan fingerprint density at radius 1 is 1.12 bits per heavy atom. The van der Waals surface area contributed by atoms with Crippen LogP contribution in [0.1, 0.15) is 5.56 Å². The predicted molar refractivity (Wildman–Crippen MR) is 74.3 cm³/mol. The number of halogens is 2. The van der Waals surface area contributed by atoms with Gasteiger partial charge in [0.1, 0.15) is 18.2 Å². The Balaban J connectivity index is 2.16. The zero-order chi connectivity index (χ0) is 12.3. The van der Waals surface area contributed by atoms with Gasteiger partial charge in [0.15, 0.2) is 0 Å². The SMILES string of the molecule is Nc1cccc(F)c1COc1ccccc1I. The van der Waals surface area contributed by atoms with Gasteiger partial charge in [0.2, 0.25) is 0 Å². The summed E-state index contributed by atoms with van der Waals surface area (Å²) in [5, 5.41) is 0. The second kappa shape index (κ2) is 5.35. The van der Waals surface area contributed by atoms with Crippen molar-refractivity contribution >= 4 is 28.3 Å². The normalized spacial score (nSPS) is 10.2. The Bertz CT molecular complexity index is 510. The fourth-order valence-corrected chi connectivity index (χ4v) is 1.98. The molecule has 2 nitrogen and oxygen atoms in total. The maximum absolute atomic E-state index is 13.5. The van der Waals surface area contributed by atoms with E-state index in [2.05, 4.69) is 22.6 Å². The molecule has 4 heteroatoms. The molecule has 0 spiro atoms. The highest BCUT2D eigenvalue weighted by molar-refractivity contribution is 14.1. The van der Waals surface area contributed by atoms with Crippen molar-refractivity contribution in [1.29, 1.82) is 0 Å². The second-order valence-electron chi connectivity index (χ2n) is 3.53. The smallest absolute Gasteiger partial charge is 0.133 e. The highest BCUT2D eigenvalue weighted by Crippen LogP contribution is 2.23. The lowest BCUT2D eigenvalue weighted by molar-refractivity contribution is 0.298. The molecule has 0 aliphatic heterocycles. The van der Waals surface area contributed by atoms with E-state index in [0.29, 0.717) is 11.3 Å². The molecular weight excluding hydrogens is 332 g/mol. The lowest BCUT2D eigenvalue weighted by atomic mass is 10.2. The summed E-state index contributed by atoms with van der Waals surface area (Å²) in [5.74, 6) is 0.395. The molecule has 0 unspecified atom stereocenters. The van der Waals surface area contributed by atoms with Gasteiger partial charge in [-0.25, -0.2) is 4.39 Å². The van der Waals surface area contributed by atoms with Crippen LogP contribution in [0.5, 0.6) is 5.75 Å². The molecule has 0 saturated heterocycles. The summed E-state index contributed by atoms with van der Waals surface area (Å²) in [7, 11) is 0. The average Bonchev–Trinajstić information content (AvgIpc) is 2.30. The Kier molecular flexibility index (Phi) is 3.83. The van der Waals surface area contributed by atoms with Crippen LogP contribution >= 0.6 is 22.6 Å². The molecule has 88 valence electrons. The van der Waals surface area contributed by atoms with Crippen LogP contribution in [-0.2, 0) is 6.61 Å². The maximum atomic E-state index is 13.5. The molecule has 0 radical (unpaired) electrons. The van der Waals surface area contributed by atoms with Crippen molar-refractivity contribution in [1.82, 2.24) is 0 Å². The van der Waals surface area contributed by atoms with Crippen LogP contribution in [0.15, 0.2) is 42.5 Å². The summed E-state index contributed by atoms with van der Waals surface area (Å²) >= 11 is 2.17. The van der Waals surface area contributed by atoms with Gasteiger partial charge in [-0.2, -0.15) is 0 Å². The van der Waals surface area contributed by atoms with Crippen LogP contribution in [0.25, 0.3) is 0 Å². The van der Waals surface area contributed by atoms with E-state index < -0.39 is 0 Å². The Morgan fingerprint density at radius 3 is 2.59 bits per heavy atom. The standard InChI is InChI=1S/C13H11FINO/c14-10-4-3-6-12(16)9(10)8-17-13-7-2-1-5-11(13)15/h1-7H,8,16H2. The third-order valence-corrected chi connectivity index (χ3v) is 3.25. The molecule has 0 aliphatic carbocycles. The molecule has 2 N–H and O–H groups in total. The number of nitrogens with two attached hydrogens (primary N) is 1. The van der Waals surface area contributed by atoms with Gasteiger partial charge in [0, 0.05) is 11.3 Å². The molecular formula is C13H11FINO. The van der Waals surface area contributed by atoms with Gasteiger partial charge in [-0.3, -0.25) is 0 Å². The van der Waals surface area contributed by atoms with E-state index in [1.54, 1.807) is 12.1 Å². The Hall–Kier alpha value is -1.30. The largest absolute Gasteiger partial charge is 0.488 e. The van der Waals surface area contributed by atoms with Crippen LogP contribution in [0.2, 0.25) is 0 Å². The van der Waals surface area contributed by atoms with Crippen molar-refractivity contribution in [3.63, 3.8) is 0 Å². The van der Waals surface area contributed by atoms with Crippen LogP contribution in [0.4, 0.5) is 10.1 Å². The molecule has 0 saturated carbocycles. The summed E-state index contributed by atoms with van der Waals surface area (Å²) in [6, 6.07) is 12.2.